The normalized spacial score (nSPS) is 66.0. The molecule has 20 heavy (non-hydrogen) atoms. The molecule has 0 aromatic heterocycles. The Balaban J connectivity index is 1.31. The molecule has 110 valence electrons. The van der Waals surface area contributed by atoms with Crippen LogP contribution in [-0.2, 0) is 0 Å². The van der Waals surface area contributed by atoms with Gasteiger partial charge in [-0.25, -0.2) is 0 Å². The van der Waals surface area contributed by atoms with Gasteiger partial charge in [0, 0.05) is 0 Å². The van der Waals surface area contributed by atoms with Crippen molar-refractivity contribution < 1.29 is 0 Å². The lowest BCUT2D eigenvalue weighted by Crippen LogP contribution is -2.24. The topological polar surface area (TPSA) is 0 Å². The van der Waals surface area contributed by atoms with Gasteiger partial charge in [0.25, 0.3) is 0 Å². The SMILES string of the molecule is C1CC2C[C@H]([C@H]3CC4CCC5CCC3[C@H]54)C3CCC1[C@H]23. The number of hydrogen-bond donors (Lipinski definition) is 0. The van der Waals surface area contributed by atoms with Crippen LogP contribution in [0.2, 0.25) is 0 Å². The van der Waals surface area contributed by atoms with Crippen molar-refractivity contribution in [2.24, 2.45) is 59.2 Å². The summed E-state index contributed by atoms with van der Waals surface area (Å²) < 4.78 is 0. The van der Waals surface area contributed by atoms with E-state index in [0.29, 0.717) is 0 Å². The second-order valence-corrected chi connectivity index (χ2v) is 9.63. The molecule has 6 unspecified atom stereocenters. The zero-order chi connectivity index (χ0) is 12.8. The van der Waals surface area contributed by atoms with Crippen LogP contribution in [0.4, 0.5) is 0 Å². The molecule has 0 spiro atoms. The van der Waals surface area contributed by atoms with Crippen molar-refractivity contribution in [3.8, 4) is 0 Å². The highest BCUT2D eigenvalue weighted by Crippen LogP contribution is 2.68. The molecule has 6 saturated carbocycles. The molecule has 0 aromatic rings. The van der Waals surface area contributed by atoms with Gasteiger partial charge in [0.05, 0.1) is 0 Å². The largest absolute Gasteiger partial charge is 0.0499 e. The minimum atomic E-state index is 1.19. The number of rotatable bonds is 1. The van der Waals surface area contributed by atoms with Gasteiger partial charge in [0.1, 0.15) is 0 Å². The first-order valence-electron chi connectivity index (χ1n) is 9.90. The highest BCUT2D eigenvalue weighted by molar-refractivity contribution is 5.09. The van der Waals surface area contributed by atoms with E-state index in [-0.39, 0.29) is 0 Å². The van der Waals surface area contributed by atoms with Gasteiger partial charge >= 0.3 is 0 Å². The standard InChI is InChI=1S/C20H30/c1-3-13-9-17(15-7-5-11(1)19(13)15)18-10-14-4-2-12-6-8-16(18)20(12)14/h11-20H,1-10H2/t11?,12?,13?,14?,15?,16?,17-,18-,19+,20+/m0/s1. The van der Waals surface area contributed by atoms with Gasteiger partial charge in [-0.1, -0.05) is 0 Å². The van der Waals surface area contributed by atoms with E-state index in [1.54, 1.807) is 64.2 Å². The van der Waals surface area contributed by atoms with Crippen molar-refractivity contribution in [2.45, 2.75) is 64.2 Å². The third kappa shape index (κ3) is 1.27. The second-order valence-electron chi connectivity index (χ2n) is 9.63. The van der Waals surface area contributed by atoms with Crippen molar-refractivity contribution in [1.82, 2.24) is 0 Å². The minimum absolute atomic E-state index is 1.19. The van der Waals surface area contributed by atoms with Gasteiger partial charge < -0.3 is 0 Å². The monoisotopic (exact) mass is 270 g/mol. The van der Waals surface area contributed by atoms with E-state index in [9.17, 15) is 0 Å². The van der Waals surface area contributed by atoms with E-state index in [2.05, 4.69) is 0 Å². The van der Waals surface area contributed by atoms with Crippen LogP contribution in [0.3, 0.4) is 0 Å². The van der Waals surface area contributed by atoms with Gasteiger partial charge in [-0.05, 0) is 123 Å². The maximum atomic E-state index is 1.68. The summed E-state index contributed by atoms with van der Waals surface area (Å²) in [5.74, 6) is 12.0. The van der Waals surface area contributed by atoms with E-state index in [1.807, 2.05) is 0 Å². The summed E-state index contributed by atoms with van der Waals surface area (Å²) in [5.41, 5.74) is 0. The first-order chi connectivity index (χ1) is 9.90. The Bertz CT molecular complexity index is 386. The summed E-state index contributed by atoms with van der Waals surface area (Å²) in [4.78, 5) is 0. The molecule has 0 nitrogen and oxygen atoms in total. The molecular weight excluding hydrogens is 240 g/mol. The van der Waals surface area contributed by atoms with Crippen LogP contribution >= 0.6 is 0 Å². The molecule has 0 bridgehead atoms. The van der Waals surface area contributed by atoms with Crippen molar-refractivity contribution in [2.75, 3.05) is 0 Å². The molecule has 0 heteroatoms. The van der Waals surface area contributed by atoms with Crippen LogP contribution in [-0.4, -0.2) is 0 Å². The van der Waals surface area contributed by atoms with E-state index >= 15 is 0 Å². The average Bonchev–Trinajstić information content (AvgIpc) is 3.18. The average molecular weight is 270 g/mol. The summed E-state index contributed by atoms with van der Waals surface area (Å²) in [7, 11) is 0. The van der Waals surface area contributed by atoms with E-state index in [0.717, 1.165) is 0 Å². The molecule has 6 fully saturated rings. The van der Waals surface area contributed by atoms with E-state index in [4.69, 9.17) is 0 Å². The lowest BCUT2D eigenvalue weighted by atomic mass is 9.75. The quantitative estimate of drug-likeness (QED) is 0.619. The lowest BCUT2D eigenvalue weighted by molar-refractivity contribution is 0.182. The minimum Gasteiger partial charge on any atom is -0.0499 e. The maximum Gasteiger partial charge on any atom is -0.0326 e. The molecular formula is C20H30. The predicted molar refractivity (Wildman–Crippen MR) is 81.1 cm³/mol. The van der Waals surface area contributed by atoms with Crippen molar-refractivity contribution >= 4 is 0 Å². The van der Waals surface area contributed by atoms with Crippen LogP contribution in [0.5, 0.6) is 0 Å². The molecule has 0 aliphatic heterocycles. The van der Waals surface area contributed by atoms with Gasteiger partial charge in [0.15, 0.2) is 0 Å². The van der Waals surface area contributed by atoms with Crippen molar-refractivity contribution in [3.05, 3.63) is 0 Å². The molecule has 10 atom stereocenters. The zero-order valence-electron chi connectivity index (χ0n) is 12.8. The molecule has 0 heterocycles. The Kier molecular flexibility index (Phi) is 2.22. The highest BCUT2D eigenvalue weighted by Gasteiger charge is 2.60. The van der Waals surface area contributed by atoms with Gasteiger partial charge in [-0.2, -0.15) is 0 Å². The fourth-order valence-corrected chi connectivity index (χ4v) is 9.25. The van der Waals surface area contributed by atoms with E-state index in [1.165, 1.54) is 59.2 Å². The summed E-state index contributed by atoms with van der Waals surface area (Å²) in [5, 5.41) is 0. The smallest absolute Gasteiger partial charge is 0.0326 e. The molecule has 0 amide bonds. The fraction of sp³-hybridized carbons (Fsp3) is 1.00. The predicted octanol–water partition coefficient (Wildman–Crippen LogP) is 5.13. The highest BCUT2D eigenvalue weighted by atomic mass is 14.7. The summed E-state index contributed by atoms with van der Waals surface area (Å²) in [6, 6.07) is 0. The maximum absolute atomic E-state index is 1.68. The summed E-state index contributed by atoms with van der Waals surface area (Å²) in [6.07, 6.45) is 16.3. The van der Waals surface area contributed by atoms with Gasteiger partial charge in [-0.15, -0.1) is 0 Å². The number of hydrogen-bond acceptors (Lipinski definition) is 0. The molecule has 0 aromatic carbocycles. The van der Waals surface area contributed by atoms with Crippen molar-refractivity contribution in [3.63, 3.8) is 0 Å². The molecule has 0 N–H and O–H groups in total. The Morgan fingerprint density at radius 3 is 1.25 bits per heavy atom. The molecule has 6 rings (SSSR count). The van der Waals surface area contributed by atoms with Crippen LogP contribution in [0, 0.1) is 59.2 Å². The van der Waals surface area contributed by atoms with Crippen LogP contribution in [0.1, 0.15) is 64.2 Å². The van der Waals surface area contributed by atoms with Gasteiger partial charge in [0.2, 0.25) is 0 Å². The van der Waals surface area contributed by atoms with Gasteiger partial charge in [-0.3, -0.25) is 0 Å². The third-order valence-electron chi connectivity index (χ3n) is 9.52. The lowest BCUT2D eigenvalue weighted by Gasteiger charge is -2.30. The van der Waals surface area contributed by atoms with Crippen LogP contribution < -0.4 is 0 Å². The van der Waals surface area contributed by atoms with E-state index < -0.39 is 0 Å². The zero-order valence-corrected chi connectivity index (χ0v) is 12.8. The Labute approximate surface area is 124 Å². The molecule has 6 aliphatic rings. The fourth-order valence-electron chi connectivity index (χ4n) is 9.25. The van der Waals surface area contributed by atoms with Crippen LogP contribution in [0.15, 0.2) is 0 Å². The van der Waals surface area contributed by atoms with Crippen LogP contribution in [0.25, 0.3) is 0 Å². The summed E-state index contributed by atoms with van der Waals surface area (Å²) >= 11 is 0. The first-order valence-corrected chi connectivity index (χ1v) is 9.90. The summed E-state index contributed by atoms with van der Waals surface area (Å²) in [6.45, 7) is 0. The molecule has 0 saturated heterocycles. The third-order valence-corrected chi connectivity index (χ3v) is 9.52. The Hall–Kier alpha value is 0. The second kappa shape index (κ2) is 3.85. The molecule has 6 aliphatic carbocycles. The Morgan fingerprint density at radius 2 is 0.750 bits per heavy atom. The first kappa shape index (κ1) is 11.6. The van der Waals surface area contributed by atoms with Crippen molar-refractivity contribution in [1.29, 1.82) is 0 Å². The Morgan fingerprint density at radius 1 is 0.350 bits per heavy atom. The molecule has 0 radical (unpaired) electrons.